The summed E-state index contributed by atoms with van der Waals surface area (Å²) in [6, 6.07) is -0.492. The first-order chi connectivity index (χ1) is 9.76. The number of rotatable bonds is 9. The van der Waals surface area contributed by atoms with E-state index in [1.165, 1.54) is 0 Å². The number of ether oxygens (including phenoxy) is 1. The van der Waals surface area contributed by atoms with Crippen LogP contribution in [0.4, 0.5) is 4.79 Å². The molecule has 0 aliphatic rings. The Balaban J connectivity index is 3.56. The predicted octanol–water partition coefficient (Wildman–Crippen LogP) is 0.474. The molecule has 0 radical (unpaired) electrons. The van der Waals surface area contributed by atoms with Crippen molar-refractivity contribution in [2.75, 3.05) is 19.6 Å². The van der Waals surface area contributed by atoms with Crippen molar-refractivity contribution < 1.29 is 14.3 Å². The van der Waals surface area contributed by atoms with Gasteiger partial charge in [0, 0.05) is 13.1 Å². The summed E-state index contributed by atoms with van der Waals surface area (Å²) in [7, 11) is 0. The van der Waals surface area contributed by atoms with Gasteiger partial charge in [0.25, 0.3) is 0 Å². The Morgan fingerprint density at radius 2 is 1.67 bits per heavy atom. The van der Waals surface area contributed by atoms with Crippen molar-refractivity contribution in [3.8, 4) is 0 Å². The fourth-order valence-electron chi connectivity index (χ4n) is 1.57. The largest absolute Gasteiger partial charge is 0.444 e. The van der Waals surface area contributed by atoms with E-state index in [2.05, 4.69) is 10.6 Å². The number of carbonyl (C=O) groups is 2. The Hall–Kier alpha value is -1.34. The Labute approximate surface area is 127 Å². The molecule has 7 nitrogen and oxygen atoms in total. The molecule has 6 N–H and O–H groups in total. The van der Waals surface area contributed by atoms with Gasteiger partial charge >= 0.3 is 6.09 Å². The Kier molecular flexibility index (Phi) is 9.73. The number of hydrogen-bond donors (Lipinski definition) is 4. The van der Waals surface area contributed by atoms with E-state index in [9.17, 15) is 9.59 Å². The van der Waals surface area contributed by atoms with E-state index in [1.807, 2.05) is 20.8 Å². The molecule has 0 heterocycles. The third kappa shape index (κ3) is 12.1. The molecule has 0 aliphatic carbocycles. The zero-order valence-corrected chi connectivity index (χ0v) is 13.4. The Morgan fingerprint density at radius 3 is 2.19 bits per heavy atom. The van der Waals surface area contributed by atoms with E-state index in [4.69, 9.17) is 16.2 Å². The van der Waals surface area contributed by atoms with Gasteiger partial charge in [-0.3, -0.25) is 4.79 Å². The molecule has 2 amide bonds. The van der Waals surface area contributed by atoms with Crippen LogP contribution in [-0.2, 0) is 9.53 Å². The van der Waals surface area contributed by atoms with Crippen molar-refractivity contribution >= 4 is 12.0 Å². The average Bonchev–Trinajstić information content (AvgIpc) is 2.37. The molecule has 0 aromatic heterocycles. The highest BCUT2D eigenvalue weighted by molar-refractivity contribution is 5.81. The van der Waals surface area contributed by atoms with E-state index >= 15 is 0 Å². The summed E-state index contributed by atoms with van der Waals surface area (Å²) in [6.07, 6.45) is 2.45. The van der Waals surface area contributed by atoms with Crippen molar-refractivity contribution in [1.82, 2.24) is 10.6 Å². The minimum Gasteiger partial charge on any atom is -0.444 e. The SMILES string of the molecule is CC(C)(C)OC(=O)NCCCCNC(=O)[C@@H](N)CCCN. The Morgan fingerprint density at radius 1 is 1.10 bits per heavy atom. The molecule has 7 heteroatoms. The summed E-state index contributed by atoms with van der Waals surface area (Å²) in [5, 5.41) is 5.43. The highest BCUT2D eigenvalue weighted by atomic mass is 16.6. The van der Waals surface area contributed by atoms with Crippen LogP contribution in [-0.4, -0.2) is 43.3 Å². The lowest BCUT2D eigenvalue weighted by Crippen LogP contribution is -2.41. The number of nitrogens with two attached hydrogens (primary N) is 2. The number of alkyl carbamates (subject to hydrolysis) is 1. The third-order valence-electron chi connectivity index (χ3n) is 2.63. The maximum atomic E-state index is 11.6. The molecule has 0 spiro atoms. The first-order valence-corrected chi connectivity index (χ1v) is 7.46. The van der Waals surface area contributed by atoms with Crippen molar-refractivity contribution in [1.29, 1.82) is 0 Å². The zero-order valence-electron chi connectivity index (χ0n) is 13.4. The molecular formula is C14H30N4O3. The topological polar surface area (TPSA) is 119 Å². The van der Waals surface area contributed by atoms with Crippen LogP contribution in [0.15, 0.2) is 0 Å². The van der Waals surface area contributed by atoms with Crippen molar-refractivity contribution in [2.24, 2.45) is 11.5 Å². The van der Waals surface area contributed by atoms with Crippen molar-refractivity contribution in [3.05, 3.63) is 0 Å². The lowest BCUT2D eigenvalue weighted by Gasteiger charge is -2.19. The lowest BCUT2D eigenvalue weighted by atomic mass is 10.1. The minimum absolute atomic E-state index is 0.149. The molecule has 0 rings (SSSR count). The van der Waals surface area contributed by atoms with Crippen LogP contribution in [0.3, 0.4) is 0 Å². The van der Waals surface area contributed by atoms with Gasteiger partial charge in [-0.25, -0.2) is 4.79 Å². The summed E-state index contributed by atoms with van der Waals surface area (Å²) >= 11 is 0. The van der Waals surface area contributed by atoms with Gasteiger partial charge in [-0.15, -0.1) is 0 Å². The first kappa shape index (κ1) is 19.7. The van der Waals surface area contributed by atoms with Gasteiger partial charge in [0.2, 0.25) is 5.91 Å². The van der Waals surface area contributed by atoms with Gasteiger partial charge in [0.1, 0.15) is 5.60 Å². The lowest BCUT2D eigenvalue weighted by molar-refractivity contribution is -0.122. The molecular weight excluding hydrogens is 272 g/mol. The van der Waals surface area contributed by atoms with Crippen molar-refractivity contribution in [3.63, 3.8) is 0 Å². The highest BCUT2D eigenvalue weighted by Gasteiger charge is 2.15. The van der Waals surface area contributed by atoms with Gasteiger partial charge in [-0.05, 0) is 53.0 Å². The van der Waals surface area contributed by atoms with Crippen LogP contribution in [0.5, 0.6) is 0 Å². The number of amides is 2. The minimum atomic E-state index is -0.492. The smallest absolute Gasteiger partial charge is 0.407 e. The second kappa shape index (κ2) is 10.4. The van der Waals surface area contributed by atoms with Crippen LogP contribution < -0.4 is 22.1 Å². The molecule has 0 fully saturated rings. The summed E-state index contributed by atoms with van der Waals surface area (Å²) in [4.78, 5) is 22.9. The second-order valence-electron chi connectivity index (χ2n) is 5.96. The molecule has 0 saturated carbocycles. The maximum absolute atomic E-state index is 11.6. The van der Waals surface area contributed by atoms with Crippen LogP contribution >= 0.6 is 0 Å². The summed E-state index contributed by atoms with van der Waals surface area (Å²) in [6.45, 7) is 7.05. The molecule has 124 valence electrons. The van der Waals surface area contributed by atoms with Crippen LogP contribution in [0.25, 0.3) is 0 Å². The van der Waals surface area contributed by atoms with E-state index in [-0.39, 0.29) is 5.91 Å². The van der Waals surface area contributed by atoms with Gasteiger partial charge in [-0.1, -0.05) is 0 Å². The molecule has 21 heavy (non-hydrogen) atoms. The molecule has 0 aliphatic heterocycles. The van der Waals surface area contributed by atoms with Gasteiger partial charge in [0.05, 0.1) is 6.04 Å². The zero-order chi connectivity index (χ0) is 16.3. The molecule has 0 aromatic carbocycles. The van der Waals surface area contributed by atoms with E-state index in [1.54, 1.807) is 0 Å². The van der Waals surface area contributed by atoms with E-state index in [0.717, 1.165) is 19.3 Å². The number of hydrogen-bond acceptors (Lipinski definition) is 5. The van der Waals surface area contributed by atoms with Crippen LogP contribution in [0.2, 0.25) is 0 Å². The molecule has 0 aromatic rings. The van der Waals surface area contributed by atoms with Crippen LogP contribution in [0.1, 0.15) is 46.5 Å². The van der Waals surface area contributed by atoms with E-state index < -0.39 is 17.7 Å². The summed E-state index contributed by atoms with van der Waals surface area (Å²) in [5.74, 6) is -0.149. The first-order valence-electron chi connectivity index (χ1n) is 7.46. The summed E-state index contributed by atoms with van der Waals surface area (Å²) in [5.41, 5.74) is 10.6. The third-order valence-corrected chi connectivity index (χ3v) is 2.63. The number of nitrogens with one attached hydrogen (secondary N) is 2. The quantitative estimate of drug-likeness (QED) is 0.462. The van der Waals surface area contributed by atoms with Gasteiger partial charge in [-0.2, -0.15) is 0 Å². The molecule has 0 bridgehead atoms. The monoisotopic (exact) mass is 302 g/mol. The number of carbonyl (C=O) groups excluding carboxylic acids is 2. The van der Waals surface area contributed by atoms with E-state index in [0.29, 0.717) is 26.1 Å². The highest BCUT2D eigenvalue weighted by Crippen LogP contribution is 2.06. The van der Waals surface area contributed by atoms with Crippen molar-refractivity contribution in [2.45, 2.75) is 58.1 Å². The average molecular weight is 302 g/mol. The molecule has 0 saturated heterocycles. The predicted molar refractivity (Wildman–Crippen MR) is 82.7 cm³/mol. The molecule has 0 unspecified atom stereocenters. The van der Waals surface area contributed by atoms with Gasteiger partial charge in [0.15, 0.2) is 0 Å². The fraction of sp³-hybridized carbons (Fsp3) is 0.857. The Bertz CT molecular complexity index is 316. The summed E-state index contributed by atoms with van der Waals surface area (Å²) < 4.78 is 5.10. The standard InChI is InChI=1S/C14H30N4O3/c1-14(2,3)21-13(20)18-10-5-4-9-17-12(19)11(16)7-6-8-15/h11H,4-10,15-16H2,1-3H3,(H,17,19)(H,18,20)/t11-/m0/s1. The number of unbranched alkanes of at least 4 members (excludes halogenated alkanes) is 1. The normalized spacial score (nSPS) is 12.6. The van der Waals surface area contributed by atoms with Crippen LogP contribution in [0, 0.1) is 0 Å². The second-order valence-corrected chi connectivity index (χ2v) is 5.96. The maximum Gasteiger partial charge on any atom is 0.407 e. The van der Waals surface area contributed by atoms with Gasteiger partial charge < -0.3 is 26.8 Å². The fourth-order valence-corrected chi connectivity index (χ4v) is 1.57. The molecule has 1 atom stereocenters.